The van der Waals surface area contributed by atoms with Crippen LogP contribution >= 0.6 is 0 Å². The van der Waals surface area contributed by atoms with Gasteiger partial charge in [-0.2, -0.15) is 22.0 Å². The van der Waals surface area contributed by atoms with Crippen molar-refractivity contribution in [3.63, 3.8) is 0 Å². The molecule has 0 radical (unpaired) electrons. The van der Waals surface area contributed by atoms with Crippen molar-refractivity contribution in [2.24, 2.45) is 5.73 Å². The fourth-order valence-corrected chi connectivity index (χ4v) is 2.29. The zero-order valence-electron chi connectivity index (χ0n) is 13.5. The van der Waals surface area contributed by atoms with Crippen LogP contribution in [0.4, 0.5) is 26.7 Å². The van der Waals surface area contributed by atoms with Crippen LogP contribution in [0.25, 0.3) is 0 Å². The summed E-state index contributed by atoms with van der Waals surface area (Å²) in [5, 5.41) is 10.4. The molecule has 0 aliphatic rings. The smallest absolute Gasteiger partial charge is 0.443 e. The summed E-state index contributed by atoms with van der Waals surface area (Å²) in [6.07, 6.45) is -10.9. The number of halogens is 5. The first-order valence-electron chi connectivity index (χ1n) is 7.52. The molecule has 0 aromatic heterocycles. The van der Waals surface area contributed by atoms with Crippen molar-refractivity contribution in [1.82, 2.24) is 0 Å². The van der Waals surface area contributed by atoms with Crippen LogP contribution in [0.3, 0.4) is 0 Å². The van der Waals surface area contributed by atoms with Crippen LogP contribution in [0.5, 0.6) is 0 Å². The molecule has 25 heavy (non-hydrogen) atoms. The quantitative estimate of drug-likeness (QED) is 0.685. The molecule has 1 aromatic rings. The Labute approximate surface area is 141 Å². The van der Waals surface area contributed by atoms with Gasteiger partial charge in [-0.25, -0.2) is 4.79 Å². The monoisotopic (exact) mass is 369 g/mol. The van der Waals surface area contributed by atoms with Crippen LogP contribution in [-0.4, -0.2) is 35.0 Å². The molecule has 0 bridgehead atoms. The lowest BCUT2D eigenvalue weighted by atomic mass is 9.88. The van der Waals surface area contributed by atoms with Gasteiger partial charge in [0.05, 0.1) is 5.60 Å². The van der Waals surface area contributed by atoms with E-state index in [0.29, 0.717) is 6.42 Å². The summed E-state index contributed by atoms with van der Waals surface area (Å²) >= 11 is 0. The lowest BCUT2D eigenvalue weighted by molar-refractivity contribution is -0.286. The minimum atomic E-state index is -5.72. The highest BCUT2D eigenvalue weighted by molar-refractivity contribution is 5.64. The summed E-state index contributed by atoms with van der Waals surface area (Å²) < 4.78 is 67.6. The van der Waals surface area contributed by atoms with E-state index in [9.17, 15) is 31.9 Å². The second-order valence-electron chi connectivity index (χ2n) is 6.01. The number of hydrogen-bond donors (Lipinski definition) is 2. The number of carbonyl (C=O) groups is 1. The van der Waals surface area contributed by atoms with Crippen molar-refractivity contribution < 1.29 is 36.6 Å². The molecule has 0 saturated carbocycles. The second kappa shape index (κ2) is 7.99. The Morgan fingerprint density at radius 1 is 1.16 bits per heavy atom. The molecule has 0 aliphatic heterocycles. The van der Waals surface area contributed by atoms with Crippen LogP contribution in [0.15, 0.2) is 30.3 Å². The first kappa shape index (κ1) is 21.1. The highest BCUT2D eigenvalue weighted by atomic mass is 19.4. The summed E-state index contributed by atoms with van der Waals surface area (Å²) in [6, 6.07) is 8.81. The number of aliphatic hydroxyl groups is 1. The van der Waals surface area contributed by atoms with Gasteiger partial charge >= 0.3 is 18.2 Å². The summed E-state index contributed by atoms with van der Waals surface area (Å²) in [5.41, 5.74) is 3.83. The zero-order valence-corrected chi connectivity index (χ0v) is 13.5. The highest BCUT2D eigenvalue weighted by Crippen LogP contribution is 2.40. The third kappa shape index (κ3) is 6.49. The van der Waals surface area contributed by atoms with Gasteiger partial charge in [-0.1, -0.05) is 30.3 Å². The van der Waals surface area contributed by atoms with E-state index in [-0.39, 0.29) is 6.42 Å². The molecule has 0 spiro atoms. The normalized spacial score (nSPS) is 16.1. The van der Waals surface area contributed by atoms with E-state index in [2.05, 4.69) is 4.74 Å². The van der Waals surface area contributed by atoms with E-state index in [0.717, 1.165) is 5.56 Å². The number of alkyl halides is 5. The highest BCUT2D eigenvalue weighted by Gasteiger charge is 2.57. The predicted octanol–water partition coefficient (Wildman–Crippen LogP) is 3.81. The minimum absolute atomic E-state index is 0.0213. The Balaban J connectivity index is 2.79. The molecule has 9 heteroatoms. The number of hydrogen-bond acceptors (Lipinski definition) is 3. The first-order valence-corrected chi connectivity index (χ1v) is 7.52. The molecule has 2 atom stereocenters. The maximum atomic E-state index is 13.1. The average molecular weight is 369 g/mol. The van der Waals surface area contributed by atoms with Gasteiger partial charge in [0.15, 0.2) is 0 Å². The van der Waals surface area contributed by atoms with Gasteiger partial charge in [-0.05, 0) is 31.7 Å². The molecule has 1 rings (SSSR count). The Morgan fingerprint density at radius 2 is 1.72 bits per heavy atom. The Hall–Kier alpha value is -1.90. The Bertz CT molecular complexity index is 561. The molecule has 0 aliphatic carbocycles. The summed E-state index contributed by atoms with van der Waals surface area (Å²) in [5.74, 6) is -4.96. The third-order valence-corrected chi connectivity index (χ3v) is 3.85. The van der Waals surface area contributed by atoms with Crippen molar-refractivity contribution in [3.8, 4) is 0 Å². The van der Waals surface area contributed by atoms with E-state index in [1.165, 1.54) is 6.92 Å². The lowest BCUT2D eigenvalue weighted by Gasteiger charge is -2.33. The summed E-state index contributed by atoms with van der Waals surface area (Å²) in [7, 11) is 0. The molecule has 1 aromatic carbocycles. The van der Waals surface area contributed by atoms with Gasteiger partial charge in [0.25, 0.3) is 0 Å². The maximum Gasteiger partial charge on any atom is 0.453 e. The zero-order chi connectivity index (χ0) is 19.3. The van der Waals surface area contributed by atoms with Crippen molar-refractivity contribution >= 4 is 6.09 Å². The average Bonchev–Trinajstić information content (AvgIpc) is 2.49. The van der Waals surface area contributed by atoms with Crippen LogP contribution in [0.1, 0.15) is 31.7 Å². The fourth-order valence-electron chi connectivity index (χ4n) is 2.29. The number of nitrogens with two attached hydrogens (primary N) is 1. The van der Waals surface area contributed by atoms with Gasteiger partial charge in [0.1, 0.15) is 6.10 Å². The van der Waals surface area contributed by atoms with E-state index in [4.69, 9.17) is 5.73 Å². The van der Waals surface area contributed by atoms with Gasteiger partial charge in [0, 0.05) is 6.42 Å². The largest absolute Gasteiger partial charge is 0.453 e. The number of rotatable bonds is 8. The van der Waals surface area contributed by atoms with E-state index in [1.54, 1.807) is 30.3 Å². The van der Waals surface area contributed by atoms with E-state index < -0.39 is 42.7 Å². The SMILES string of the molecule is CC(O)(CCc1ccccc1)C(CCC(F)(F)C(F)(F)F)OC(N)=O. The Morgan fingerprint density at radius 3 is 2.20 bits per heavy atom. The van der Waals surface area contributed by atoms with Crippen LogP contribution in [-0.2, 0) is 11.2 Å². The number of primary amides is 1. The standard InChI is InChI=1S/C16H20F5NO3/c1-14(24,9-7-11-5-3-2-4-6-11)12(25-13(22)23)8-10-15(17,18)16(19,20)21/h2-6,12,24H,7-10H2,1H3,(H2,22,23). The number of benzene rings is 1. The molecule has 3 N–H and O–H groups in total. The lowest BCUT2D eigenvalue weighted by Crippen LogP contribution is -2.46. The fraction of sp³-hybridized carbons (Fsp3) is 0.562. The van der Waals surface area contributed by atoms with E-state index >= 15 is 0 Å². The summed E-state index contributed by atoms with van der Waals surface area (Å²) in [6.45, 7) is 1.20. The number of amides is 1. The van der Waals surface area contributed by atoms with Gasteiger partial charge in [-0.15, -0.1) is 0 Å². The first-order chi connectivity index (χ1) is 11.3. The minimum Gasteiger partial charge on any atom is -0.443 e. The van der Waals surface area contributed by atoms with Gasteiger partial charge in [-0.3, -0.25) is 0 Å². The maximum absolute atomic E-state index is 13.1. The third-order valence-electron chi connectivity index (χ3n) is 3.85. The molecule has 1 amide bonds. The van der Waals surface area contributed by atoms with Gasteiger partial charge < -0.3 is 15.6 Å². The summed E-state index contributed by atoms with van der Waals surface area (Å²) in [4.78, 5) is 10.9. The van der Waals surface area contributed by atoms with Crippen LogP contribution < -0.4 is 5.73 Å². The Kier molecular flexibility index (Phi) is 6.75. The van der Waals surface area contributed by atoms with Crippen molar-refractivity contribution in [1.29, 1.82) is 0 Å². The number of carbonyl (C=O) groups excluding carboxylic acids is 1. The predicted molar refractivity (Wildman–Crippen MR) is 80.1 cm³/mol. The number of aryl methyl sites for hydroxylation is 1. The number of ether oxygens (including phenoxy) is 1. The molecule has 142 valence electrons. The van der Waals surface area contributed by atoms with Crippen LogP contribution in [0.2, 0.25) is 0 Å². The molecule has 0 fully saturated rings. The molecule has 0 heterocycles. The van der Waals surface area contributed by atoms with Crippen LogP contribution in [0, 0.1) is 0 Å². The van der Waals surface area contributed by atoms with Crippen molar-refractivity contribution in [2.75, 3.05) is 0 Å². The molecule has 4 nitrogen and oxygen atoms in total. The molecular formula is C16H20F5NO3. The van der Waals surface area contributed by atoms with Crippen molar-refractivity contribution in [2.45, 2.75) is 56.4 Å². The molecule has 2 unspecified atom stereocenters. The van der Waals surface area contributed by atoms with E-state index in [1.807, 2.05) is 0 Å². The van der Waals surface area contributed by atoms with Crippen molar-refractivity contribution in [3.05, 3.63) is 35.9 Å². The molecule has 0 saturated heterocycles. The molecular weight excluding hydrogens is 349 g/mol. The van der Waals surface area contributed by atoms with Gasteiger partial charge in [0.2, 0.25) is 0 Å². The topological polar surface area (TPSA) is 72.6 Å². The second-order valence-corrected chi connectivity index (χ2v) is 6.01.